The molecule has 1 aliphatic carbocycles. The molecule has 6 heteroatoms. The zero-order valence-corrected chi connectivity index (χ0v) is 15.3. The van der Waals surface area contributed by atoms with Gasteiger partial charge in [0, 0.05) is 5.41 Å². The molecule has 0 aromatic carbocycles. The number of rotatable bonds is 1. The van der Waals surface area contributed by atoms with Crippen LogP contribution in [0.4, 0.5) is 0 Å². The second kappa shape index (κ2) is 5.32. The van der Waals surface area contributed by atoms with Crippen molar-refractivity contribution < 1.29 is 13.9 Å². The molecule has 21 heavy (non-hydrogen) atoms. The molecule has 2 heterocycles. The normalized spacial score (nSPS) is 36.7. The third kappa shape index (κ3) is 3.15. The van der Waals surface area contributed by atoms with Gasteiger partial charge in [0.1, 0.15) is 13.2 Å². The van der Waals surface area contributed by atoms with Gasteiger partial charge >= 0.3 is 0 Å². The van der Waals surface area contributed by atoms with Gasteiger partial charge in [0.15, 0.2) is 5.78 Å². The van der Waals surface area contributed by atoms with Crippen LogP contribution in [0.5, 0.6) is 0 Å². The molecule has 3 fully saturated rings. The van der Waals surface area contributed by atoms with Crippen LogP contribution in [0, 0.1) is 5.41 Å². The minimum atomic E-state index is -3.09. The zero-order valence-electron chi connectivity index (χ0n) is 13.6. The molecule has 1 spiro atoms. The van der Waals surface area contributed by atoms with E-state index in [1.165, 1.54) is 19.3 Å². The van der Waals surface area contributed by atoms with Crippen LogP contribution >= 0.6 is 19.7 Å². The first-order valence-electron chi connectivity index (χ1n) is 8.03. The van der Waals surface area contributed by atoms with Gasteiger partial charge in [-0.05, 0) is 26.7 Å². The average Bonchev–Trinajstić information content (AvgIpc) is 2.66. The SMILES string of the molecule is CC1(C)CO[P+]([O-])([C@@H]2NC(C)(C)SC23CCCCC3)OC1. The van der Waals surface area contributed by atoms with Crippen LogP contribution in [-0.4, -0.2) is 28.6 Å². The molecular weight excluding hydrogens is 305 g/mol. The van der Waals surface area contributed by atoms with Gasteiger partial charge in [0.05, 0.1) is 9.62 Å². The van der Waals surface area contributed by atoms with Gasteiger partial charge in [-0.3, -0.25) is 5.32 Å². The summed E-state index contributed by atoms with van der Waals surface area (Å²) < 4.78 is 11.7. The van der Waals surface area contributed by atoms with Gasteiger partial charge in [0.2, 0.25) is 0 Å². The maximum Gasteiger partial charge on any atom is 0.256 e. The molecule has 1 N–H and O–H groups in total. The second-order valence-electron chi connectivity index (χ2n) is 8.04. The first kappa shape index (κ1) is 16.5. The zero-order chi connectivity index (χ0) is 15.4. The van der Waals surface area contributed by atoms with Crippen LogP contribution in [0.1, 0.15) is 59.8 Å². The van der Waals surface area contributed by atoms with Crippen LogP contribution < -0.4 is 10.2 Å². The number of thioether (sulfide) groups is 1. The number of nitrogens with one attached hydrogen (secondary N) is 1. The summed E-state index contributed by atoms with van der Waals surface area (Å²) in [6.07, 6.45) is 5.94. The molecule has 0 aromatic rings. The second-order valence-corrected chi connectivity index (χ2v) is 12.2. The smallest absolute Gasteiger partial charge is 0.256 e. The Bertz CT molecular complexity index is 400. The molecule has 0 unspecified atom stereocenters. The Morgan fingerprint density at radius 2 is 1.62 bits per heavy atom. The Kier molecular flexibility index (Phi) is 4.18. The Morgan fingerprint density at radius 3 is 2.19 bits per heavy atom. The third-order valence-electron chi connectivity index (χ3n) is 4.73. The lowest BCUT2D eigenvalue weighted by atomic mass is 9.88. The third-order valence-corrected chi connectivity index (χ3v) is 8.81. The summed E-state index contributed by atoms with van der Waals surface area (Å²) in [5.41, 5.74) is -0.0467. The van der Waals surface area contributed by atoms with Crippen LogP contribution in [0.3, 0.4) is 0 Å². The predicted molar refractivity (Wildman–Crippen MR) is 87.0 cm³/mol. The van der Waals surface area contributed by atoms with E-state index >= 15 is 0 Å². The lowest BCUT2D eigenvalue weighted by molar-refractivity contribution is -0.238. The molecule has 3 aliphatic rings. The molecule has 1 saturated carbocycles. The highest BCUT2D eigenvalue weighted by Crippen LogP contribution is 2.70. The maximum atomic E-state index is 13.4. The van der Waals surface area contributed by atoms with E-state index < -0.39 is 7.94 Å². The monoisotopic (exact) mass is 333 g/mol. The van der Waals surface area contributed by atoms with Gasteiger partial charge in [-0.15, -0.1) is 11.8 Å². The van der Waals surface area contributed by atoms with Crippen molar-refractivity contribution in [3.63, 3.8) is 0 Å². The molecule has 0 radical (unpaired) electrons. The maximum absolute atomic E-state index is 13.4. The first-order valence-corrected chi connectivity index (χ1v) is 10.5. The summed E-state index contributed by atoms with van der Waals surface area (Å²) in [5, 5.41) is 3.58. The molecule has 122 valence electrons. The quantitative estimate of drug-likeness (QED) is 0.746. The number of hydrogen-bond donors (Lipinski definition) is 1. The molecule has 1 atom stereocenters. The summed E-state index contributed by atoms with van der Waals surface area (Å²) in [6, 6.07) is 0. The van der Waals surface area contributed by atoms with Crippen molar-refractivity contribution in [1.29, 1.82) is 0 Å². The molecule has 0 aromatic heterocycles. The van der Waals surface area contributed by atoms with E-state index in [9.17, 15) is 4.89 Å². The summed E-state index contributed by atoms with van der Waals surface area (Å²) in [7, 11) is -3.09. The minimum Gasteiger partial charge on any atom is -0.630 e. The highest BCUT2D eigenvalue weighted by Gasteiger charge is 2.64. The molecule has 2 aliphatic heterocycles. The fraction of sp³-hybridized carbons (Fsp3) is 1.00. The highest BCUT2D eigenvalue weighted by molar-refractivity contribution is 8.02. The predicted octanol–water partition coefficient (Wildman–Crippen LogP) is 3.28. The van der Waals surface area contributed by atoms with E-state index in [0.717, 1.165) is 12.8 Å². The first-order chi connectivity index (χ1) is 9.67. The number of hydrogen-bond acceptors (Lipinski definition) is 5. The van der Waals surface area contributed by atoms with Crippen molar-refractivity contribution in [3.8, 4) is 0 Å². The molecule has 0 bridgehead atoms. The fourth-order valence-corrected chi connectivity index (χ4v) is 8.94. The van der Waals surface area contributed by atoms with Crippen LogP contribution in [0.2, 0.25) is 0 Å². The van der Waals surface area contributed by atoms with Crippen molar-refractivity contribution in [2.24, 2.45) is 5.41 Å². The highest BCUT2D eigenvalue weighted by atomic mass is 32.2. The fourth-order valence-electron chi connectivity index (χ4n) is 3.70. The topological polar surface area (TPSA) is 53.5 Å². The Labute approximate surface area is 133 Å². The summed E-state index contributed by atoms with van der Waals surface area (Å²) in [6.45, 7) is 9.57. The van der Waals surface area contributed by atoms with E-state index in [1.807, 2.05) is 11.8 Å². The van der Waals surface area contributed by atoms with Gasteiger partial charge in [-0.1, -0.05) is 33.1 Å². The molecule has 0 amide bonds. The molecule has 3 rings (SSSR count). The molecule has 2 saturated heterocycles. The minimum absolute atomic E-state index is 0.0127. The lowest BCUT2D eigenvalue weighted by Gasteiger charge is -2.46. The molecular formula is C15H28NO3PS. The average molecular weight is 333 g/mol. The van der Waals surface area contributed by atoms with Gasteiger partial charge in [-0.25, -0.2) is 9.05 Å². The lowest BCUT2D eigenvalue weighted by Crippen LogP contribution is -2.52. The summed E-state index contributed by atoms with van der Waals surface area (Å²) >= 11 is 1.95. The van der Waals surface area contributed by atoms with Crippen molar-refractivity contribution in [2.45, 2.75) is 75.2 Å². The van der Waals surface area contributed by atoms with Gasteiger partial charge in [0.25, 0.3) is 7.94 Å². The summed E-state index contributed by atoms with van der Waals surface area (Å²) in [5.74, 6) is -0.165. The van der Waals surface area contributed by atoms with Crippen molar-refractivity contribution in [3.05, 3.63) is 0 Å². The summed E-state index contributed by atoms with van der Waals surface area (Å²) in [4.78, 5) is 13.3. The van der Waals surface area contributed by atoms with Crippen molar-refractivity contribution in [2.75, 3.05) is 13.2 Å². The molecule has 4 nitrogen and oxygen atoms in total. The van der Waals surface area contributed by atoms with Gasteiger partial charge in [-0.2, -0.15) is 0 Å². The Balaban J connectivity index is 1.85. The largest absolute Gasteiger partial charge is 0.630 e. The van der Waals surface area contributed by atoms with Crippen LogP contribution in [-0.2, 0) is 9.05 Å². The van der Waals surface area contributed by atoms with Crippen LogP contribution in [0.15, 0.2) is 0 Å². The van der Waals surface area contributed by atoms with E-state index in [0.29, 0.717) is 13.2 Å². The van der Waals surface area contributed by atoms with E-state index in [-0.39, 0.29) is 20.8 Å². The van der Waals surface area contributed by atoms with Gasteiger partial charge < -0.3 is 4.89 Å². The van der Waals surface area contributed by atoms with Crippen LogP contribution in [0.25, 0.3) is 0 Å². The van der Waals surface area contributed by atoms with E-state index in [4.69, 9.17) is 9.05 Å². The van der Waals surface area contributed by atoms with Crippen molar-refractivity contribution >= 4 is 19.7 Å². The standard InChI is InChI=1S/C15H28NO3PS/c1-13(2)10-18-20(17,19-11-13)12-15(8-6-5-7-9-15)21-14(3,4)16-12/h12,16H,5-11H2,1-4H3/t12-/m0/s1. The Morgan fingerprint density at radius 1 is 1.05 bits per heavy atom. The Hall–Kier alpha value is 0.620. The van der Waals surface area contributed by atoms with E-state index in [1.54, 1.807) is 0 Å². The van der Waals surface area contributed by atoms with E-state index in [2.05, 4.69) is 33.0 Å². The van der Waals surface area contributed by atoms with Crippen molar-refractivity contribution in [1.82, 2.24) is 5.32 Å².